The summed E-state index contributed by atoms with van der Waals surface area (Å²) in [5, 5.41) is 21.2. The molecular formula is C17H18N8O. The lowest BCUT2D eigenvalue weighted by Crippen LogP contribution is -2.17. The molecule has 26 heavy (non-hydrogen) atoms. The Balaban J connectivity index is 1.63. The number of nitrogens with two attached hydrogens (primary N) is 1. The topological polar surface area (TPSA) is 131 Å². The Kier molecular flexibility index (Phi) is 3.98. The van der Waals surface area contributed by atoms with Gasteiger partial charge in [0.2, 0.25) is 5.95 Å². The van der Waals surface area contributed by atoms with Crippen LogP contribution in [0.4, 0.5) is 11.8 Å². The van der Waals surface area contributed by atoms with Crippen LogP contribution in [0.3, 0.4) is 0 Å². The Bertz CT molecular complexity index is 1040. The van der Waals surface area contributed by atoms with Crippen LogP contribution in [-0.4, -0.2) is 41.4 Å². The quantitative estimate of drug-likeness (QED) is 0.429. The average molecular weight is 350 g/mol. The van der Waals surface area contributed by atoms with Crippen LogP contribution in [0.1, 0.15) is 11.9 Å². The molecule has 0 spiro atoms. The number of anilines is 2. The van der Waals surface area contributed by atoms with Gasteiger partial charge in [-0.2, -0.15) is 10.1 Å². The first kappa shape index (κ1) is 16.0. The SMILES string of the molecule is Cn1ccnc1C(O)CNc1nc(N)nc2cc(-c3ccn[nH]3)ccc12. The van der Waals surface area contributed by atoms with Gasteiger partial charge in [-0.15, -0.1) is 0 Å². The monoisotopic (exact) mass is 350 g/mol. The molecule has 9 heteroatoms. The van der Waals surface area contributed by atoms with E-state index in [0.717, 1.165) is 16.6 Å². The van der Waals surface area contributed by atoms with E-state index in [1.807, 2.05) is 31.3 Å². The molecule has 0 saturated carbocycles. The first-order valence-corrected chi connectivity index (χ1v) is 8.08. The Labute approximate surface area is 148 Å². The standard InChI is InChI=1S/C17H18N8O/c1-25-7-6-19-16(25)14(26)9-20-15-11-3-2-10(12-4-5-21-24-12)8-13(11)22-17(18)23-15/h2-8,14,26H,9H2,1H3,(H,21,24)(H3,18,20,22,23). The van der Waals surface area contributed by atoms with Crippen LogP contribution in [0, 0.1) is 0 Å². The fourth-order valence-corrected chi connectivity index (χ4v) is 2.85. The van der Waals surface area contributed by atoms with Gasteiger partial charge in [0.25, 0.3) is 0 Å². The third-order valence-electron chi connectivity index (χ3n) is 4.15. The molecule has 4 rings (SSSR count). The van der Waals surface area contributed by atoms with E-state index in [4.69, 9.17) is 5.73 Å². The first-order valence-electron chi connectivity index (χ1n) is 8.08. The number of benzene rings is 1. The van der Waals surface area contributed by atoms with E-state index >= 15 is 0 Å². The molecule has 5 N–H and O–H groups in total. The van der Waals surface area contributed by atoms with Crippen molar-refractivity contribution in [3.63, 3.8) is 0 Å². The summed E-state index contributed by atoms with van der Waals surface area (Å²) >= 11 is 0. The number of hydrogen-bond donors (Lipinski definition) is 4. The first-order chi connectivity index (χ1) is 12.6. The highest BCUT2D eigenvalue weighted by atomic mass is 16.3. The van der Waals surface area contributed by atoms with E-state index in [0.29, 0.717) is 17.2 Å². The largest absolute Gasteiger partial charge is 0.383 e. The number of aliphatic hydroxyl groups excluding tert-OH is 1. The minimum atomic E-state index is -0.773. The van der Waals surface area contributed by atoms with Gasteiger partial charge >= 0.3 is 0 Å². The Morgan fingerprint density at radius 1 is 1.27 bits per heavy atom. The summed E-state index contributed by atoms with van der Waals surface area (Å²) in [6.45, 7) is 0.249. The van der Waals surface area contributed by atoms with Gasteiger partial charge in [-0.25, -0.2) is 9.97 Å². The van der Waals surface area contributed by atoms with Crippen molar-refractivity contribution in [2.45, 2.75) is 6.10 Å². The number of aryl methyl sites for hydroxylation is 1. The summed E-state index contributed by atoms with van der Waals surface area (Å²) in [6, 6.07) is 7.67. The zero-order chi connectivity index (χ0) is 18.1. The van der Waals surface area contributed by atoms with Gasteiger partial charge in [-0.1, -0.05) is 6.07 Å². The number of aromatic amines is 1. The third-order valence-corrected chi connectivity index (χ3v) is 4.15. The van der Waals surface area contributed by atoms with Crippen molar-refractivity contribution >= 4 is 22.7 Å². The number of fused-ring (bicyclic) bond motifs is 1. The van der Waals surface area contributed by atoms with Crippen LogP contribution in [0.2, 0.25) is 0 Å². The van der Waals surface area contributed by atoms with Crippen molar-refractivity contribution < 1.29 is 5.11 Å². The lowest BCUT2D eigenvalue weighted by atomic mass is 10.1. The molecular weight excluding hydrogens is 332 g/mol. The maximum absolute atomic E-state index is 10.3. The van der Waals surface area contributed by atoms with Crippen LogP contribution in [0.5, 0.6) is 0 Å². The fourth-order valence-electron chi connectivity index (χ4n) is 2.85. The number of nitrogens with zero attached hydrogens (tertiary/aromatic N) is 5. The Hall–Kier alpha value is -3.46. The minimum absolute atomic E-state index is 0.160. The molecule has 132 valence electrons. The molecule has 1 unspecified atom stereocenters. The van der Waals surface area contributed by atoms with Crippen molar-refractivity contribution in [3.8, 4) is 11.3 Å². The van der Waals surface area contributed by atoms with E-state index in [1.54, 1.807) is 23.2 Å². The second-order valence-electron chi connectivity index (χ2n) is 5.93. The molecule has 9 nitrogen and oxygen atoms in total. The smallest absolute Gasteiger partial charge is 0.222 e. The molecule has 1 atom stereocenters. The van der Waals surface area contributed by atoms with E-state index in [-0.39, 0.29) is 12.5 Å². The molecule has 0 saturated heterocycles. The normalized spacial score (nSPS) is 12.4. The second-order valence-corrected chi connectivity index (χ2v) is 5.93. The number of imidazole rings is 1. The Morgan fingerprint density at radius 2 is 2.15 bits per heavy atom. The van der Waals surface area contributed by atoms with Crippen molar-refractivity contribution in [1.82, 2.24) is 29.7 Å². The number of aromatic nitrogens is 6. The highest BCUT2D eigenvalue weighted by molar-refractivity contribution is 5.92. The summed E-state index contributed by atoms with van der Waals surface area (Å²) < 4.78 is 1.77. The molecule has 0 radical (unpaired) electrons. The van der Waals surface area contributed by atoms with E-state index < -0.39 is 6.10 Å². The molecule has 3 aromatic heterocycles. The number of aliphatic hydroxyl groups is 1. The number of rotatable bonds is 5. The van der Waals surface area contributed by atoms with Gasteiger partial charge in [0, 0.05) is 43.1 Å². The lowest BCUT2D eigenvalue weighted by Gasteiger charge is -2.14. The van der Waals surface area contributed by atoms with Crippen molar-refractivity contribution in [3.05, 3.63) is 48.7 Å². The van der Waals surface area contributed by atoms with Crippen molar-refractivity contribution in [2.75, 3.05) is 17.6 Å². The predicted octanol–water partition coefficient (Wildman–Crippen LogP) is 1.48. The van der Waals surface area contributed by atoms with Crippen molar-refractivity contribution in [2.24, 2.45) is 7.05 Å². The number of hydrogen-bond acceptors (Lipinski definition) is 7. The molecule has 0 aliphatic carbocycles. The Morgan fingerprint density at radius 3 is 2.88 bits per heavy atom. The van der Waals surface area contributed by atoms with Crippen molar-refractivity contribution in [1.29, 1.82) is 0 Å². The number of H-pyrrole nitrogens is 1. The minimum Gasteiger partial charge on any atom is -0.383 e. The molecule has 3 heterocycles. The molecule has 0 aliphatic heterocycles. The van der Waals surface area contributed by atoms with Gasteiger partial charge < -0.3 is 20.7 Å². The highest BCUT2D eigenvalue weighted by Crippen LogP contribution is 2.26. The summed E-state index contributed by atoms with van der Waals surface area (Å²) in [4.78, 5) is 12.7. The van der Waals surface area contributed by atoms with E-state index in [9.17, 15) is 5.11 Å². The second kappa shape index (κ2) is 6.45. The van der Waals surface area contributed by atoms with Crippen LogP contribution < -0.4 is 11.1 Å². The number of nitrogens with one attached hydrogen (secondary N) is 2. The molecule has 0 aliphatic rings. The summed E-state index contributed by atoms with van der Waals surface area (Å²) in [6.07, 6.45) is 4.35. The molecule has 1 aromatic carbocycles. The molecule has 0 bridgehead atoms. The molecule has 4 aromatic rings. The van der Waals surface area contributed by atoms with Crippen LogP contribution in [0.25, 0.3) is 22.2 Å². The van der Waals surface area contributed by atoms with Gasteiger partial charge in [0.1, 0.15) is 17.7 Å². The van der Waals surface area contributed by atoms with E-state index in [2.05, 4.69) is 30.5 Å². The van der Waals surface area contributed by atoms with Crippen LogP contribution in [0.15, 0.2) is 42.9 Å². The summed E-state index contributed by atoms with van der Waals surface area (Å²) in [5.41, 5.74) is 8.41. The fraction of sp³-hybridized carbons (Fsp3) is 0.176. The maximum atomic E-state index is 10.3. The van der Waals surface area contributed by atoms with Gasteiger partial charge in [-0.3, -0.25) is 5.10 Å². The van der Waals surface area contributed by atoms with Crippen LogP contribution >= 0.6 is 0 Å². The van der Waals surface area contributed by atoms with Gasteiger partial charge in [0.15, 0.2) is 0 Å². The van der Waals surface area contributed by atoms with E-state index in [1.165, 1.54) is 0 Å². The number of nitrogen functional groups attached to an aromatic ring is 1. The zero-order valence-electron chi connectivity index (χ0n) is 14.1. The van der Waals surface area contributed by atoms with Gasteiger partial charge in [-0.05, 0) is 18.2 Å². The summed E-state index contributed by atoms with van der Waals surface area (Å²) in [5.74, 6) is 1.30. The highest BCUT2D eigenvalue weighted by Gasteiger charge is 2.14. The average Bonchev–Trinajstić information content (AvgIpc) is 3.30. The maximum Gasteiger partial charge on any atom is 0.222 e. The molecule has 0 amide bonds. The predicted molar refractivity (Wildman–Crippen MR) is 98.2 cm³/mol. The summed E-state index contributed by atoms with van der Waals surface area (Å²) in [7, 11) is 1.83. The van der Waals surface area contributed by atoms with Gasteiger partial charge in [0.05, 0.1) is 11.2 Å². The lowest BCUT2D eigenvalue weighted by molar-refractivity contribution is 0.178. The van der Waals surface area contributed by atoms with Crippen LogP contribution in [-0.2, 0) is 7.05 Å². The third kappa shape index (κ3) is 2.95. The molecule has 0 fully saturated rings. The zero-order valence-corrected chi connectivity index (χ0v) is 14.1.